The van der Waals surface area contributed by atoms with Gasteiger partial charge in [-0.15, -0.1) is 12.4 Å². The summed E-state index contributed by atoms with van der Waals surface area (Å²) in [6.07, 6.45) is 0.823. The Bertz CT molecular complexity index is 50.4. The molecule has 3 N–H and O–H groups in total. The van der Waals surface area contributed by atoms with Gasteiger partial charge >= 0.3 is 0 Å². The average molecular weight is 140 g/mol. The van der Waals surface area contributed by atoms with E-state index in [1.807, 2.05) is 13.8 Å². The van der Waals surface area contributed by atoms with Crippen LogP contribution in [-0.4, -0.2) is 17.3 Å². The third-order valence-electron chi connectivity index (χ3n) is 1.17. The predicted octanol–water partition coefficient (Wildman–Crippen LogP) is 0.528. The topological polar surface area (TPSA) is 46.2 Å². The predicted molar refractivity (Wildman–Crippen MR) is 37.2 cm³/mol. The summed E-state index contributed by atoms with van der Waals surface area (Å²) < 4.78 is 0. The van der Waals surface area contributed by atoms with E-state index in [1.54, 1.807) is 0 Å². The zero-order valence-electron chi connectivity index (χ0n) is 5.35. The van der Waals surface area contributed by atoms with Gasteiger partial charge in [-0.3, -0.25) is 0 Å². The summed E-state index contributed by atoms with van der Waals surface area (Å²) in [5.74, 6) is 0. The van der Waals surface area contributed by atoms with Gasteiger partial charge in [0, 0.05) is 5.54 Å². The Morgan fingerprint density at radius 1 is 1.62 bits per heavy atom. The van der Waals surface area contributed by atoms with Crippen LogP contribution < -0.4 is 5.73 Å². The van der Waals surface area contributed by atoms with Crippen LogP contribution in [-0.2, 0) is 0 Å². The molecule has 52 valence electrons. The molecule has 0 aliphatic carbocycles. The number of hydrogen-bond acceptors (Lipinski definition) is 2. The van der Waals surface area contributed by atoms with Crippen molar-refractivity contribution in [2.24, 2.45) is 5.73 Å². The van der Waals surface area contributed by atoms with Crippen LogP contribution in [0.25, 0.3) is 0 Å². The maximum atomic E-state index is 8.47. The largest absolute Gasteiger partial charge is 0.394 e. The lowest BCUT2D eigenvalue weighted by molar-refractivity contribution is 0.205. The Labute approximate surface area is 56.5 Å². The number of nitrogens with two attached hydrogens (primary N) is 1. The Morgan fingerprint density at radius 2 is 2.00 bits per heavy atom. The summed E-state index contributed by atoms with van der Waals surface area (Å²) in [5, 5.41) is 8.47. The highest BCUT2D eigenvalue weighted by molar-refractivity contribution is 5.85. The Balaban J connectivity index is 0. The van der Waals surface area contributed by atoms with Crippen molar-refractivity contribution >= 4 is 12.4 Å². The van der Waals surface area contributed by atoms with E-state index in [-0.39, 0.29) is 24.6 Å². The van der Waals surface area contributed by atoms with E-state index >= 15 is 0 Å². The molecule has 0 rings (SSSR count). The highest BCUT2D eigenvalue weighted by atomic mass is 35.5. The molecule has 0 saturated carbocycles. The molecular weight excluding hydrogens is 126 g/mol. The van der Waals surface area contributed by atoms with Gasteiger partial charge in [-0.1, -0.05) is 6.92 Å². The van der Waals surface area contributed by atoms with E-state index in [2.05, 4.69) is 0 Å². The summed E-state index contributed by atoms with van der Waals surface area (Å²) in [7, 11) is 0. The second-order valence-electron chi connectivity index (χ2n) is 2.17. The van der Waals surface area contributed by atoms with Crippen LogP contribution in [0.5, 0.6) is 0 Å². The Morgan fingerprint density at radius 3 is 2.00 bits per heavy atom. The van der Waals surface area contributed by atoms with Gasteiger partial charge in [-0.25, -0.2) is 0 Å². The number of halogens is 1. The quantitative estimate of drug-likeness (QED) is 0.586. The first kappa shape index (κ1) is 11.1. The second-order valence-corrected chi connectivity index (χ2v) is 2.17. The second kappa shape index (κ2) is 4.13. The molecule has 3 heteroatoms. The monoisotopic (exact) mass is 139 g/mol. The lowest BCUT2D eigenvalue weighted by Crippen LogP contribution is -2.38. The lowest BCUT2D eigenvalue weighted by atomic mass is 10.0. The van der Waals surface area contributed by atoms with Crippen molar-refractivity contribution in [1.82, 2.24) is 0 Å². The van der Waals surface area contributed by atoms with Crippen LogP contribution in [0.4, 0.5) is 0 Å². The summed E-state index contributed by atoms with van der Waals surface area (Å²) in [4.78, 5) is 0. The van der Waals surface area contributed by atoms with Gasteiger partial charge in [0.2, 0.25) is 0 Å². The number of aliphatic hydroxyl groups is 1. The molecule has 0 aliphatic heterocycles. The molecule has 0 amide bonds. The standard InChI is InChI=1S/C5H13NO.ClH/c1-3-5(2,6)4-7;/h7H,3-4,6H2,1-2H3;1H. The smallest absolute Gasteiger partial charge is 0.0608 e. The van der Waals surface area contributed by atoms with E-state index in [0.717, 1.165) is 6.42 Å². The lowest BCUT2D eigenvalue weighted by Gasteiger charge is -2.17. The molecular formula is C5H14ClNO. The van der Waals surface area contributed by atoms with E-state index in [0.29, 0.717) is 0 Å². The fourth-order valence-electron chi connectivity index (χ4n) is 0.112. The van der Waals surface area contributed by atoms with Crippen molar-refractivity contribution in [3.63, 3.8) is 0 Å². The third kappa shape index (κ3) is 4.37. The van der Waals surface area contributed by atoms with Crippen LogP contribution in [0.15, 0.2) is 0 Å². The van der Waals surface area contributed by atoms with Crippen molar-refractivity contribution in [2.75, 3.05) is 6.61 Å². The van der Waals surface area contributed by atoms with Gasteiger partial charge in [0.1, 0.15) is 0 Å². The minimum Gasteiger partial charge on any atom is -0.394 e. The van der Waals surface area contributed by atoms with Crippen LogP contribution in [0, 0.1) is 0 Å². The molecule has 1 unspecified atom stereocenters. The maximum Gasteiger partial charge on any atom is 0.0608 e. The molecule has 0 aromatic heterocycles. The molecule has 0 heterocycles. The highest BCUT2D eigenvalue weighted by Gasteiger charge is 2.11. The van der Waals surface area contributed by atoms with Crippen LogP contribution in [0.2, 0.25) is 0 Å². The fraction of sp³-hybridized carbons (Fsp3) is 1.00. The molecule has 0 spiro atoms. The molecule has 0 radical (unpaired) electrons. The van der Waals surface area contributed by atoms with Gasteiger partial charge in [0.05, 0.1) is 6.61 Å². The first-order valence-corrected chi connectivity index (χ1v) is 2.52. The first-order valence-electron chi connectivity index (χ1n) is 2.52. The molecule has 0 aliphatic rings. The van der Waals surface area contributed by atoms with E-state index in [1.165, 1.54) is 0 Å². The Kier molecular flexibility index (Phi) is 5.71. The molecule has 0 fully saturated rings. The Hall–Kier alpha value is 0.210. The molecule has 1 atom stereocenters. The van der Waals surface area contributed by atoms with Gasteiger partial charge in [-0.2, -0.15) is 0 Å². The summed E-state index contributed by atoms with van der Waals surface area (Å²) in [6.45, 7) is 3.85. The molecule has 0 saturated heterocycles. The maximum absolute atomic E-state index is 8.47. The van der Waals surface area contributed by atoms with Crippen LogP contribution in [0.1, 0.15) is 20.3 Å². The molecule has 0 aromatic carbocycles. The minimum absolute atomic E-state index is 0. The SMILES string of the molecule is CCC(C)(N)CO.Cl. The third-order valence-corrected chi connectivity index (χ3v) is 1.17. The summed E-state index contributed by atoms with van der Waals surface area (Å²) in [5.41, 5.74) is 5.10. The summed E-state index contributed by atoms with van der Waals surface area (Å²) >= 11 is 0. The average Bonchev–Trinajstić information content (AvgIpc) is 1.68. The van der Waals surface area contributed by atoms with E-state index < -0.39 is 0 Å². The van der Waals surface area contributed by atoms with E-state index in [9.17, 15) is 0 Å². The van der Waals surface area contributed by atoms with Crippen LogP contribution in [0.3, 0.4) is 0 Å². The zero-order valence-corrected chi connectivity index (χ0v) is 6.16. The number of hydrogen-bond donors (Lipinski definition) is 2. The normalized spacial score (nSPS) is 16.5. The van der Waals surface area contributed by atoms with Crippen LogP contribution >= 0.6 is 12.4 Å². The van der Waals surface area contributed by atoms with Gasteiger partial charge < -0.3 is 10.8 Å². The highest BCUT2D eigenvalue weighted by Crippen LogP contribution is 2.00. The van der Waals surface area contributed by atoms with Gasteiger partial charge in [0.15, 0.2) is 0 Å². The van der Waals surface area contributed by atoms with Crippen molar-refractivity contribution < 1.29 is 5.11 Å². The zero-order chi connectivity index (χ0) is 5.91. The number of aliphatic hydroxyl groups excluding tert-OH is 1. The van der Waals surface area contributed by atoms with Crippen molar-refractivity contribution in [3.8, 4) is 0 Å². The van der Waals surface area contributed by atoms with Gasteiger partial charge in [0.25, 0.3) is 0 Å². The molecule has 0 aromatic rings. The fourth-order valence-corrected chi connectivity index (χ4v) is 0.112. The molecule has 0 bridgehead atoms. The van der Waals surface area contributed by atoms with Crippen molar-refractivity contribution in [3.05, 3.63) is 0 Å². The molecule has 8 heavy (non-hydrogen) atoms. The van der Waals surface area contributed by atoms with Crippen molar-refractivity contribution in [1.29, 1.82) is 0 Å². The van der Waals surface area contributed by atoms with Gasteiger partial charge in [-0.05, 0) is 13.3 Å². The number of rotatable bonds is 2. The first-order chi connectivity index (χ1) is 3.12. The van der Waals surface area contributed by atoms with E-state index in [4.69, 9.17) is 10.8 Å². The molecule has 2 nitrogen and oxygen atoms in total. The summed E-state index contributed by atoms with van der Waals surface area (Å²) in [6, 6.07) is 0. The van der Waals surface area contributed by atoms with Crippen molar-refractivity contribution in [2.45, 2.75) is 25.8 Å². The minimum atomic E-state index is -0.361.